The highest BCUT2D eigenvalue weighted by atomic mass is 19.1. The summed E-state index contributed by atoms with van der Waals surface area (Å²) < 4.78 is 24.0. The molecule has 0 aliphatic carbocycles. The zero-order valence-electron chi connectivity index (χ0n) is 12.5. The van der Waals surface area contributed by atoms with Crippen LogP contribution in [0.1, 0.15) is 12.5 Å². The van der Waals surface area contributed by atoms with Gasteiger partial charge in [0, 0.05) is 12.1 Å². The van der Waals surface area contributed by atoms with Crippen LogP contribution in [0.4, 0.5) is 4.39 Å². The molecule has 2 aromatic carbocycles. The Morgan fingerprint density at radius 1 is 1.14 bits per heavy atom. The monoisotopic (exact) mass is 303 g/mol. The van der Waals surface area contributed by atoms with E-state index in [9.17, 15) is 9.18 Å². The summed E-state index contributed by atoms with van der Waals surface area (Å²) in [6.45, 7) is 1.77. The van der Waals surface area contributed by atoms with Crippen LogP contribution in [0.2, 0.25) is 0 Å². The zero-order valence-corrected chi connectivity index (χ0v) is 12.5. The van der Waals surface area contributed by atoms with Gasteiger partial charge in [0.15, 0.2) is 6.10 Å². The fourth-order valence-electron chi connectivity index (χ4n) is 1.88. The van der Waals surface area contributed by atoms with Gasteiger partial charge in [0.05, 0.1) is 7.11 Å². The first-order valence-corrected chi connectivity index (χ1v) is 6.92. The van der Waals surface area contributed by atoms with Crippen molar-refractivity contribution < 1.29 is 18.7 Å². The number of rotatable bonds is 6. The Morgan fingerprint density at radius 3 is 2.41 bits per heavy atom. The zero-order chi connectivity index (χ0) is 15.9. The van der Waals surface area contributed by atoms with Gasteiger partial charge in [-0.3, -0.25) is 4.79 Å². The molecular weight excluding hydrogens is 285 g/mol. The first kappa shape index (κ1) is 15.8. The van der Waals surface area contributed by atoms with E-state index in [1.807, 2.05) is 0 Å². The van der Waals surface area contributed by atoms with Crippen LogP contribution in [-0.4, -0.2) is 19.1 Å². The van der Waals surface area contributed by atoms with E-state index in [1.165, 1.54) is 6.07 Å². The molecule has 5 heteroatoms. The summed E-state index contributed by atoms with van der Waals surface area (Å²) in [4.78, 5) is 12.0. The number of carbonyl (C=O) groups is 1. The Labute approximate surface area is 128 Å². The molecule has 1 unspecified atom stereocenters. The molecule has 0 aliphatic rings. The molecular formula is C17H18FNO3. The molecule has 116 valence electrons. The lowest BCUT2D eigenvalue weighted by Gasteiger charge is -2.15. The highest BCUT2D eigenvalue weighted by Crippen LogP contribution is 2.18. The van der Waals surface area contributed by atoms with Crippen LogP contribution in [0.3, 0.4) is 0 Å². The van der Waals surface area contributed by atoms with E-state index in [0.29, 0.717) is 17.1 Å². The number of ether oxygens (including phenoxy) is 2. The number of halogens is 1. The Morgan fingerprint density at radius 2 is 1.77 bits per heavy atom. The maximum Gasteiger partial charge on any atom is 0.261 e. The lowest BCUT2D eigenvalue weighted by molar-refractivity contribution is -0.127. The van der Waals surface area contributed by atoms with Gasteiger partial charge < -0.3 is 14.8 Å². The van der Waals surface area contributed by atoms with Gasteiger partial charge in [0.25, 0.3) is 5.91 Å². The Kier molecular flexibility index (Phi) is 5.36. The molecule has 1 amide bonds. The second kappa shape index (κ2) is 7.45. The number of hydrogen-bond acceptors (Lipinski definition) is 3. The van der Waals surface area contributed by atoms with E-state index >= 15 is 0 Å². The van der Waals surface area contributed by atoms with E-state index in [4.69, 9.17) is 9.47 Å². The molecule has 0 saturated heterocycles. The van der Waals surface area contributed by atoms with Crippen LogP contribution >= 0.6 is 0 Å². The molecule has 0 bridgehead atoms. The molecule has 0 radical (unpaired) electrons. The third kappa shape index (κ3) is 4.22. The molecule has 2 aromatic rings. The number of benzene rings is 2. The van der Waals surface area contributed by atoms with Crippen molar-refractivity contribution in [1.29, 1.82) is 0 Å². The summed E-state index contributed by atoms with van der Waals surface area (Å²) >= 11 is 0. The molecule has 2 rings (SSSR count). The minimum absolute atomic E-state index is 0.127. The van der Waals surface area contributed by atoms with Crippen molar-refractivity contribution in [2.24, 2.45) is 0 Å². The molecule has 0 aliphatic heterocycles. The first-order chi connectivity index (χ1) is 10.6. The van der Waals surface area contributed by atoms with Crippen LogP contribution in [-0.2, 0) is 11.3 Å². The van der Waals surface area contributed by atoms with Crippen molar-refractivity contribution >= 4 is 5.91 Å². The average molecular weight is 303 g/mol. The van der Waals surface area contributed by atoms with Crippen LogP contribution in [0.15, 0.2) is 48.5 Å². The van der Waals surface area contributed by atoms with Gasteiger partial charge in [-0.2, -0.15) is 0 Å². The van der Waals surface area contributed by atoms with Crippen LogP contribution in [0, 0.1) is 5.82 Å². The fourth-order valence-corrected chi connectivity index (χ4v) is 1.88. The van der Waals surface area contributed by atoms with E-state index in [0.717, 1.165) is 0 Å². The van der Waals surface area contributed by atoms with Gasteiger partial charge in [0.1, 0.15) is 17.3 Å². The molecule has 0 saturated carbocycles. The molecule has 1 atom stereocenters. The van der Waals surface area contributed by atoms with Crippen molar-refractivity contribution in [2.45, 2.75) is 19.6 Å². The minimum Gasteiger partial charge on any atom is -0.497 e. The second-order valence-electron chi connectivity index (χ2n) is 4.74. The lowest BCUT2D eigenvalue weighted by atomic mass is 10.2. The normalized spacial score (nSPS) is 11.6. The Bertz CT molecular complexity index is 628. The summed E-state index contributed by atoms with van der Waals surface area (Å²) in [5, 5.41) is 2.65. The van der Waals surface area contributed by atoms with Crippen LogP contribution < -0.4 is 14.8 Å². The van der Waals surface area contributed by atoms with Gasteiger partial charge in [-0.05, 0) is 37.3 Å². The number of amides is 1. The largest absolute Gasteiger partial charge is 0.497 e. The molecule has 0 spiro atoms. The van der Waals surface area contributed by atoms with Crippen molar-refractivity contribution in [2.75, 3.05) is 7.11 Å². The smallest absolute Gasteiger partial charge is 0.261 e. The summed E-state index contributed by atoms with van der Waals surface area (Å²) in [6, 6.07) is 13.3. The van der Waals surface area contributed by atoms with Crippen molar-refractivity contribution in [3.8, 4) is 11.5 Å². The van der Waals surface area contributed by atoms with Crippen molar-refractivity contribution in [1.82, 2.24) is 5.32 Å². The molecule has 0 fully saturated rings. The first-order valence-electron chi connectivity index (χ1n) is 6.92. The van der Waals surface area contributed by atoms with Gasteiger partial charge in [0.2, 0.25) is 0 Å². The highest BCUT2D eigenvalue weighted by molar-refractivity contribution is 5.80. The average Bonchev–Trinajstić information content (AvgIpc) is 2.54. The minimum atomic E-state index is -0.680. The predicted octanol–water partition coefficient (Wildman–Crippen LogP) is 2.92. The summed E-state index contributed by atoms with van der Waals surface area (Å²) in [5.74, 6) is 0.629. The van der Waals surface area contributed by atoms with E-state index < -0.39 is 6.10 Å². The third-order valence-corrected chi connectivity index (χ3v) is 3.15. The van der Waals surface area contributed by atoms with Gasteiger partial charge in [-0.1, -0.05) is 18.2 Å². The van der Waals surface area contributed by atoms with Crippen molar-refractivity contribution in [3.05, 3.63) is 59.9 Å². The molecule has 4 nitrogen and oxygen atoms in total. The molecule has 22 heavy (non-hydrogen) atoms. The van der Waals surface area contributed by atoms with Crippen LogP contribution in [0.5, 0.6) is 11.5 Å². The number of carbonyl (C=O) groups excluding carboxylic acids is 1. The molecule has 1 N–H and O–H groups in total. The summed E-state index contributed by atoms with van der Waals surface area (Å²) in [6.07, 6.45) is -0.680. The number of hydrogen-bond donors (Lipinski definition) is 1. The summed E-state index contributed by atoms with van der Waals surface area (Å²) in [7, 11) is 1.58. The maximum absolute atomic E-state index is 13.5. The van der Waals surface area contributed by atoms with Crippen molar-refractivity contribution in [3.63, 3.8) is 0 Å². The van der Waals surface area contributed by atoms with Gasteiger partial charge in [-0.25, -0.2) is 4.39 Å². The fraction of sp³-hybridized carbons (Fsp3) is 0.235. The molecule has 0 aromatic heterocycles. The Hall–Kier alpha value is -2.56. The SMILES string of the molecule is COc1ccc(OC(C)C(=O)NCc2ccccc2F)cc1. The van der Waals surface area contributed by atoms with E-state index in [2.05, 4.69) is 5.32 Å². The van der Waals surface area contributed by atoms with Crippen LogP contribution in [0.25, 0.3) is 0 Å². The quantitative estimate of drug-likeness (QED) is 0.892. The lowest BCUT2D eigenvalue weighted by Crippen LogP contribution is -2.36. The van der Waals surface area contributed by atoms with E-state index in [-0.39, 0.29) is 18.3 Å². The van der Waals surface area contributed by atoms with E-state index in [1.54, 1.807) is 56.5 Å². The number of nitrogens with one attached hydrogen (secondary N) is 1. The van der Waals surface area contributed by atoms with Gasteiger partial charge in [-0.15, -0.1) is 0 Å². The number of methoxy groups -OCH3 is 1. The van der Waals surface area contributed by atoms with Gasteiger partial charge >= 0.3 is 0 Å². The highest BCUT2D eigenvalue weighted by Gasteiger charge is 2.15. The maximum atomic E-state index is 13.5. The second-order valence-corrected chi connectivity index (χ2v) is 4.74. The topological polar surface area (TPSA) is 47.6 Å². The third-order valence-electron chi connectivity index (χ3n) is 3.15. The Balaban J connectivity index is 1.87. The predicted molar refractivity (Wildman–Crippen MR) is 81.3 cm³/mol. The molecule has 0 heterocycles. The summed E-state index contributed by atoms with van der Waals surface area (Å²) in [5.41, 5.74) is 0.437. The standard InChI is InChI=1S/C17H18FNO3/c1-12(22-15-9-7-14(21-2)8-10-15)17(20)19-11-13-5-3-4-6-16(13)18/h3-10,12H,11H2,1-2H3,(H,19,20).